The largest absolute Gasteiger partial charge is 0.504 e. The molecule has 2 aromatic carbocycles. The molecule has 5 nitrogen and oxygen atoms in total. The summed E-state index contributed by atoms with van der Waals surface area (Å²) in [5.74, 6) is -1.60. The molecule has 2 aromatic rings. The molecule has 0 fully saturated rings. The maximum Gasteiger partial charge on any atom is 0.265 e. The maximum absolute atomic E-state index is 12.6. The number of halogens is 1. The summed E-state index contributed by atoms with van der Waals surface area (Å²) in [6, 6.07) is 8.68. The van der Waals surface area contributed by atoms with E-state index in [2.05, 4.69) is 0 Å². The van der Waals surface area contributed by atoms with Crippen LogP contribution in [-0.4, -0.2) is 22.0 Å². The van der Waals surface area contributed by atoms with Crippen LogP contribution in [0.4, 0.5) is 5.69 Å². The van der Waals surface area contributed by atoms with Gasteiger partial charge in [-0.3, -0.25) is 9.59 Å². The number of aromatic hydroxyl groups is 2. The zero-order valence-corrected chi connectivity index (χ0v) is 12.2. The highest BCUT2D eigenvalue weighted by molar-refractivity contribution is 6.31. The molecule has 0 atom stereocenters. The maximum atomic E-state index is 12.6. The molecular formula is C16H12ClNO4. The third kappa shape index (κ3) is 2.40. The van der Waals surface area contributed by atoms with Crippen molar-refractivity contribution in [1.82, 2.24) is 0 Å². The molecule has 6 heteroatoms. The van der Waals surface area contributed by atoms with Gasteiger partial charge in [-0.1, -0.05) is 11.6 Å². The number of nitrogens with zero attached hydrogens (tertiary/aromatic N) is 1. The monoisotopic (exact) mass is 317 g/mol. The molecule has 0 spiro atoms. The van der Waals surface area contributed by atoms with E-state index in [9.17, 15) is 19.8 Å². The van der Waals surface area contributed by atoms with Gasteiger partial charge in [0, 0.05) is 17.0 Å². The van der Waals surface area contributed by atoms with E-state index >= 15 is 0 Å². The predicted octanol–water partition coefficient (Wildman–Crippen LogP) is 2.87. The lowest BCUT2D eigenvalue weighted by Gasteiger charge is -2.28. The van der Waals surface area contributed by atoms with E-state index < -0.39 is 11.7 Å². The van der Waals surface area contributed by atoms with Crippen molar-refractivity contribution in [3.63, 3.8) is 0 Å². The first kappa shape index (κ1) is 14.4. The highest BCUT2D eigenvalue weighted by Gasteiger charge is 2.30. The smallest absolute Gasteiger partial charge is 0.265 e. The van der Waals surface area contributed by atoms with Crippen molar-refractivity contribution in [3.05, 3.63) is 52.5 Å². The summed E-state index contributed by atoms with van der Waals surface area (Å²) in [5.41, 5.74) is 1.44. The quantitative estimate of drug-likeness (QED) is 0.626. The third-order valence-electron chi connectivity index (χ3n) is 3.57. The van der Waals surface area contributed by atoms with Crippen molar-refractivity contribution in [2.75, 3.05) is 4.90 Å². The number of amides is 2. The number of benzene rings is 2. The summed E-state index contributed by atoms with van der Waals surface area (Å²) in [4.78, 5) is 25.9. The first-order valence-corrected chi connectivity index (χ1v) is 7.03. The van der Waals surface area contributed by atoms with Gasteiger partial charge in [0.25, 0.3) is 5.91 Å². The highest BCUT2D eigenvalue weighted by atomic mass is 35.5. The molecule has 0 saturated carbocycles. The van der Waals surface area contributed by atoms with Crippen LogP contribution in [0.1, 0.15) is 22.3 Å². The molecule has 0 saturated heterocycles. The summed E-state index contributed by atoms with van der Waals surface area (Å²) in [7, 11) is 0. The molecule has 2 N–H and O–H groups in total. The molecule has 0 radical (unpaired) electrons. The number of aryl methyl sites for hydroxylation is 1. The van der Waals surface area contributed by atoms with Crippen LogP contribution >= 0.6 is 11.6 Å². The molecule has 3 rings (SSSR count). The normalized spacial score (nSPS) is 13.9. The molecule has 2 amide bonds. The van der Waals surface area contributed by atoms with Gasteiger partial charge in [-0.25, -0.2) is 4.90 Å². The first-order valence-electron chi connectivity index (χ1n) is 6.65. The molecule has 0 aliphatic carbocycles. The second kappa shape index (κ2) is 5.35. The molecule has 0 aromatic heterocycles. The van der Waals surface area contributed by atoms with E-state index in [0.29, 0.717) is 17.1 Å². The molecule has 1 heterocycles. The van der Waals surface area contributed by atoms with Crippen LogP contribution in [-0.2, 0) is 11.2 Å². The van der Waals surface area contributed by atoms with Gasteiger partial charge in [-0.15, -0.1) is 0 Å². The molecule has 112 valence electrons. The number of rotatable bonds is 1. The number of carbonyl (C=O) groups excluding carboxylic acids is 2. The average Bonchev–Trinajstić information content (AvgIpc) is 2.49. The van der Waals surface area contributed by atoms with Crippen LogP contribution in [0, 0.1) is 0 Å². The Bertz CT molecular complexity index is 788. The van der Waals surface area contributed by atoms with Crippen molar-refractivity contribution in [3.8, 4) is 11.5 Å². The van der Waals surface area contributed by atoms with E-state index in [-0.39, 0.29) is 23.6 Å². The van der Waals surface area contributed by atoms with Crippen LogP contribution in [0.25, 0.3) is 0 Å². The van der Waals surface area contributed by atoms with E-state index in [4.69, 9.17) is 11.6 Å². The Kier molecular flexibility index (Phi) is 3.50. The second-order valence-electron chi connectivity index (χ2n) is 5.01. The number of carbonyl (C=O) groups is 2. The summed E-state index contributed by atoms with van der Waals surface area (Å²) < 4.78 is 0. The van der Waals surface area contributed by atoms with Crippen molar-refractivity contribution >= 4 is 29.1 Å². The topological polar surface area (TPSA) is 77.8 Å². The van der Waals surface area contributed by atoms with Gasteiger partial charge in [0.05, 0.1) is 5.69 Å². The van der Waals surface area contributed by atoms with Crippen LogP contribution in [0.3, 0.4) is 0 Å². The van der Waals surface area contributed by atoms with E-state index in [1.165, 1.54) is 12.1 Å². The van der Waals surface area contributed by atoms with Crippen LogP contribution < -0.4 is 4.90 Å². The number of imide groups is 1. The molecule has 0 bridgehead atoms. The second-order valence-corrected chi connectivity index (χ2v) is 5.45. The van der Waals surface area contributed by atoms with E-state index in [0.717, 1.165) is 16.5 Å². The predicted molar refractivity (Wildman–Crippen MR) is 81.4 cm³/mol. The highest BCUT2D eigenvalue weighted by Crippen LogP contribution is 2.32. The van der Waals surface area contributed by atoms with Crippen LogP contribution in [0.2, 0.25) is 5.02 Å². The summed E-state index contributed by atoms with van der Waals surface area (Å²) in [6.45, 7) is 0. The number of fused-ring (bicyclic) bond motifs is 1. The fraction of sp³-hybridized carbons (Fsp3) is 0.125. The Hall–Kier alpha value is -2.53. The Balaban J connectivity index is 2.05. The number of phenols is 2. The van der Waals surface area contributed by atoms with Crippen molar-refractivity contribution < 1.29 is 19.8 Å². The molecule has 1 aliphatic heterocycles. The van der Waals surface area contributed by atoms with Gasteiger partial charge in [-0.2, -0.15) is 0 Å². The van der Waals surface area contributed by atoms with Gasteiger partial charge >= 0.3 is 0 Å². The minimum atomic E-state index is -0.552. The lowest BCUT2D eigenvalue weighted by atomic mass is 10.00. The van der Waals surface area contributed by atoms with Crippen molar-refractivity contribution in [1.29, 1.82) is 0 Å². The molecule has 0 unspecified atom stereocenters. The van der Waals surface area contributed by atoms with Gasteiger partial charge < -0.3 is 10.2 Å². The minimum Gasteiger partial charge on any atom is -0.504 e. The average molecular weight is 318 g/mol. The van der Waals surface area contributed by atoms with Gasteiger partial charge in [0.1, 0.15) is 0 Å². The Morgan fingerprint density at radius 1 is 1.05 bits per heavy atom. The summed E-state index contributed by atoms with van der Waals surface area (Å²) in [5, 5.41) is 19.4. The minimum absolute atomic E-state index is 0.117. The van der Waals surface area contributed by atoms with Gasteiger partial charge in [-0.05, 0) is 48.4 Å². The number of hydrogen-bond donors (Lipinski definition) is 2. The standard InChI is InChI=1S/C16H12ClNO4/c17-11-3-4-12-9(7-11)2-6-15(21)18(12)16(22)10-1-5-13(19)14(20)8-10/h1,3-5,7-8,19-20H,2,6H2. The van der Waals surface area contributed by atoms with Crippen molar-refractivity contribution in [2.24, 2.45) is 0 Å². The van der Waals surface area contributed by atoms with Crippen LogP contribution in [0.15, 0.2) is 36.4 Å². The number of phenolic OH excluding ortho intramolecular Hbond substituents is 2. The SMILES string of the molecule is O=C1CCc2cc(Cl)ccc2N1C(=O)c1ccc(O)c(O)c1. The molecule has 22 heavy (non-hydrogen) atoms. The third-order valence-corrected chi connectivity index (χ3v) is 3.80. The Labute approximate surface area is 131 Å². The fourth-order valence-corrected chi connectivity index (χ4v) is 2.66. The zero-order chi connectivity index (χ0) is 15.9. The fourth-order valence-electron chi connectivity index (χ4n) is 2.47. The lowest BCUT2D eigenvalue weighted by Crippen LogP contribution is -2.40. The van der Waals surface area contributed by atoms with Crippen LogP contribution in [0.5, 0.6) is 11.5 Å². The summed E-state index contributed by atoms with van der Waals surface area (Å²) in [6.07, 6.45) is 0.739. The van der Waals surface area contributed by atoms with Crippen molar-refractivity contribution in [2.45, 2.75) is 12.8 Å². The Morgan fingerprint density at radius 3 is 2.55 bits per heavy atom. The lowest BCUT2D eigenvalue weighted by molar-refractivity contribution is -0.118. The van der Waals surface area contributed by atoms with Gasteiger partial charge in [0.2, 0.25) is 5.91 Å². The summed E-state index contributed by atoms with van der Waals surface area (Å²) >= 11 is 5.95. The Morgan fingerprint density at radius 2 is 1.82 bits per heavy atom. The van der Waals surface area contributed by atoms with E-state index in [1.54, 1.807) is 18.2 Å². The number of anilines is 1. The van der Waals surface area contributed by atoms with Gasteiger partial charge in [0.15, 0.2) is 11.5 Å². The first-order chi connectivity index (χ1) is 10.5. The molecule has 1 aliphatic rings. The molecular weight excluding hydrogens is 306 g/mol. The van der Waals surface area contributed by atoms with E-state index in [1.807, 2.05) is 0 Å². The zero-order valence-electron chi connectivity index (χ0n) is 11.4. The number of hydrogen-bond acceptors (Lipinski definition) is 4.